The Labute approximate surface area is 114 Å². The molecule has 2 rings (SSSR count). The predicted molar refractivity (Wildman–Crippen MR) is 78.9 cm³/mol. The van der Waals surface area contributed by atoms with Crippen molar-refractivity contribution in [3.8, 4) is 0 Å². The van der Waals surface area contributed by atoms with Gasteiger partial charge >= 0.3 is 0 Å². The van der Waals surface area contributed by atoms with Crippen LogP contribution >= 0.6 is 0 Å². The van der Waals surface area contributed by atoms with Crippen LogP contribution in [-0.4, -0.2) is 36.1 Å². The molecule has 0 amide bonds. The average molecular weight is 252 g/mol. The third-order valence-corrected chi connectivity index (χ3v) is 5.36. The second kappa shape index (κ2) is 5.92. The molecule has 3 atom stereocenters. The van der Waals surface area contributed by atoms with E-state index in [9.17, 15) is 0 Å². The number of nitrogens with zero attached hydrogens (tertiary/aromatic N) is 1. The fraction of sp³-hybridized carbons (Fsp3) is 1.00. The molecule has 2 heteroatoms. The zero-order chi connectivity index (χ0) is 13.2. The quantitative estimate of drug-likeness (QED) is 0.828. The number of hydrogen-bond acceptors (Lipinski definition) is 2. The third kappa shape index (κ3) is 2.91. The lowest BCUT2D eigenvalue weighted by Crippen LogP contribution is -2.62. The van der Waals surface area contributed by atoms with Crippen LogP contribution in [0.4, 0.5) is 0 Å². The molecule has 106 valence electrons. The SMILES string of the molecule is CCC1CN(C2CCCCC2(C)C)C(CC)CN1. The molecule has 2 fully saturated rings. The van der Waals surface area contributed by atoms with Crippen LogP contribution in [-0.2, 0) is 0 Å². The Kier molecular flexibility index (Phi) is 4.71. The van der Waals surface area contributed by atoms with Crippen LogP contribution < -0.4 is 5.32 Å². The molecule has 1 heterocycles. The highest BCUT2D eigenvalue weighted by Gasteiger charge is 2.40. The lowest BCUT2D eigenvalue weighted by Gasteiger charge is -2.51. The van der Waals surface area contributed by atoms with Crippen molar-refractivity contribution in [3.63, 3.8) is 0 Å². The van der Waals surface area contributed by atoms with E-state index in [0.717, 1.165) is 12.1 Å². The minimum atomic E-state index is 0.515. The molecule has 2 aliphatic rings. The molecule has 0 aromatic rings. The summed E-state index contributed by atoms with van der Waals surface area (Å²) in [6.45, 7) is 12.1. The molecule has 2 nitrogen and oxygen atoms in total. The number of rotatable bonds is 3. The van der Waals surface area contributed by atoms with E-state index in [2.05, 4.69) is 37.9 Å². The molecule has 1 aliphatic heterocycles. The maximum Gasteiger partial charge on any atom is 0.0221 e. The van der Waals surface area contributed by atoms with Gasteiger partial charge in [-0.1, -0.05) is 40.5 Å². The Hall–Kier alpha value is -0.0800. The molecule has 0 aromatic heterocycles. The Morgan fingerprint density at radius 3 is 2.56 bits per heavy atom. The summed E-state index contributed by atoms with van der Waals surface area (Å²) >= 11 is 0. The molecule has 1 saturated heterocycles. The monoisotopic (exact) mass is 252 g/mol. The second-order valence-electron chi connectivity index (χ2n) is 7.02. The first-order valence-corrected chi connectivity index (χ1v) is 8.07. The first kappa shape index (κ1) is 14.3. The van der Waals surface area contributed by atoms with E-state index in [4.69, 9.17) is 0 Å². The van der Waals surface area contributed by atoms with Gasteiger partial charge in [-0.05, 0) is 31.1 Å². The minimum absolute atomic E-state index is 0.515. The first-order valence-electron chi connectivity index (χ1n) is 8.07. The molecule has 0 spiro atoms. The van der Waals surface area contributed by atoms with Crippen LogP contribution in [0.5, 0.6) is 0 Å². The fourth-order valence-electron chi connectivity index (χ4n) is 4.01. The first-order chi connectivity index (χ1) is 8.58. The summed E-state index contributed by atoms with van der Waals surface area (Å²) < 4.78 is 0. The highest BCUT2D eigenvalue weighted by atomic mass is 15.3. The van der Waals surface area contributed by atoms with E-state index in [1.807, 2.05) is 0 Å². The van der Waals surface area contributed by atoms with E-state index in [1.165, 1.54) is 51.6 Å². The highest BCUT2D eigenvalue weighted by Crippen LogP contribution is 2.40. The summed E-state index contributed by atoms with van der Waals surface area (Å²) in [4.78, 5) is 2.86. The molecular weight excluding hydrogens is 220 g/mol. The van der Waals surface area contributed by atoms with Gasteiger partial charge in [-0.2, -0.15) is 0 Å². The van der Waals surface area contributed by atoms with Crippen molar-refractivity contribution in [2.75, 3.05) is 13.1 Å². The summed E-state index contributed by atoms with van der Waals surface area (Å²) in [5.41, 5.74) is 0.515. The van der Waals surface area contributed by atoms with Crippen molar-refractivity contribution in [3.05, 3.63) is 0 Å². The molecule has 1 aliphatic carbocycles. The number of hydrogen-bond donors (Lipinski definition) is 1. The Morgan fingerprint density at radius 2 is 1.94 bits per heavy atom. The Bertz CT molecular complexity index is 262. The van der Waals surface area contributed by atoms with Crippen LogP contribution in [0.3, 0.4) is 0 Å². The molecule has 3 unspecified atom stereocenters. The van der Waals surface area contributed by atoms with Gasteiger partial charge in [0.1, 0.15) is 0 Å². The van der Waals surface area contributed by atoms with Crippen molar-refractivity contribution in [2.45, 2.75) is 84.3 Å². The smallest absolute Gasteiger partial charge is 0.0221 e. The number of piperazine rings is 1. The van der Waals surface area contributed by atoms with Gasteiger partial charge in [0, 0.05) is 31.2 Å². The van der Waals surface area contributed by atoms with Crippen LogP contribution in [0, 0.1) is 5.41 Å². The maximum absolute atomic E-state index is 3.72. The van der Waals surface area contributed by atoms with E-state index >= 15 is 0 Å². The topological polar surface area (TPSA) is 15.3 Å². The Balaban J connectivity index is 2.11. The van der Waals surface area contributed by atoms with Crippen LogP contribution in [0.15, 0.2) is 0 Å². The van der Waals surface area contributed by atoms with Crippen molar-refractivity contribution in [2.24, 2.45) is 5.41 Å². The van der Waals surface area contributed by atoms with Gasteiger partial charge in [0.2, 0.25) is 0 Å². The predicted octanol–water partition coefficient (Wildman–Crippen LogP) is 3.42. The molecule has 0 aromatic carbocycles. The van der Waals surface area contributed by atoms with Gasteiger partial charge in [-0.15, -0.1) is 0 Å². The lowest BCUT2D eigenvalue weighted by molar-refractivity contribution is -0.00694. The van der Waals surface area contributed by atoms with Crippen LogP contribution in [0.2, 0.25) is 0 Å². The van der Waals surface area contributed by atoms with Crippen molar-refractivity contribution in [1.29, 1.82) is 0 Å². The van der Waals surface area contributed by atoms with Gasteiger partial charge in [0.15, 0.2) is 0 Å². The standard InChI is InChI=1S/C16H32N2/c1-5-13-12-18(14(6-2)11-17-13)15-9-7-8-10-16(15,3)4/h13-15,17H,5-12H2,1-4H3. The van der Waals surface area contributed by atoms with Gasteiger partial charge in [0.05, 0.1) is 0 Å². The van der Waals surface area contributed by atoms with Gasteiger partial charge in [0.25, 0.3) is 0 Å². The summed E-state index contributed by atoms with van der Waals surface area (Å²) in [5, 5.41) is 3.72. The van der Waals surface area contributed by atoms with Crippen molar-refractivity contribution in [1.82, 2.24) is 10.2 Å². The van der Waals surface area contributed by atoms with Crippen LogP contribution in [0.1, 0.15) is 66.2 Å². The molecule has 18 heavy (non-hydrogen) atoms. The summed E-state index contributed by atoms with van der Waals surface area (Å²) in [6, 6.07) is 2.29. The average Bonchev–Trinajstić information content (AvgIpc) is 2.37. The summed E-state index contributed by atoms with van der Waals surface area (Å²) in [5.74, 6) is 0. The third-order valence-electron chi connectivity index (χ3n) is 5.36. The molecule has 0 bridgehead atoms. The highest BCUT2D eigenvalue weighted by molar-refractivity contribution is 4.96. The molecular formula is C16H32N2. The second-order valence-corrected chi connectivity index (χ2v) is 7.02. The largest absolute Gasteiger partial charge is 0.311 e. The van der Waals surface area contributed by atoms with Crippen molar-refractivity contribution >= 4 is 0 Å². The van der Waals surface area contributed by atoms with E-state index < -0.39 is 0 Å². The molecule has 0 radical (unpaired) electrons. The summed E-state index contributed by atoms with van der Waals surface area (Å²) in [7, 11) is 0. The van der Waals surface area contributed by atoms with Crippen molar-refractivity contribution < 1.29 is 0 Å². The fourth-order valence-corrected chi connectivity index (χ4v) is 4.01. The lowest BCUT2D eigenvalue weighted by atomic mass is 9.71. The zero-order valence-electron chi connectivity index (χ0n) is 12.8. The molecule has 1 saturated carbocycles. The van der Waals surface area contributed by atoms with E-state index in [-0.39, 0.29) is 0 Å². The minimum Gasteiger partial charge on any atom is -0.311 e. The molecule has 1 N–H and O–H groups in total. The Morgan fingerprint density at radius 1 is 1.17 bits per heavy atom. The maximum atomic E-state index is 3.72. The van der Waals surface area contributed by atoms with Gasteiger partial charge < -0.3 is 5.32 Å². The van der Waals surface area contributed by atoms with E-state index in [0.29, 0.717) is 11.5 Å². The normalized spacial score (nSPS) is 37.7. The zero-order valence-corrected chi connectivity index (χ0v) is 12.8. The van der Waals surface area contributed by atoms with Gasteiger partial charge in [-0.25, -0.2) is 0 Å². The van der Waals surface area contributed by atoms with Gasteiger partial charge in [-0.3, -0.25) is 4.90 Å². The summed E-state index contributed by atoms with van der Waals surface area (Å²) in [6.07, 6.45) is 8.25. The van der Waals surface area contributed by atoms with Crippen LogP contribution in [0.25, 0.3) is 0 Å². The number of nitrogens with one attached hydrogen (secondary N) is 1. The van der Waals surface area contributed by atoms with E-state index in [1.54, 1.807) is 0 Å².